The number of hydrogen-bond acceptors (Lipinski definition) is 2. The Hall–Kier alpha value is -0.0800. The summed E-state index contributed by atoms with van der Waals surface area (Å²) in [5.41, 5.74) is 0. The molecular weight excluding hydrogens is 220 g/mol. The van der Waals surface area contributed by atoms with Gasteiger partial charge in [0.15, 0.2) is 0 Å². The SMILES string of the molecule is CCCC(CNC(C)C)N1CCCC2CCCC21. The van der Waals surface area contributed by atoms with Gasteiger partial charge in [0.2, 0.25) is 0 Å². The summed E-state index contributed by atoms with van der Waals surface area (Å²) in [4.78, 5) is 2.88. The van der Waals surface area contributed by atoms with E-state index in [0.29, 0.717) is 6.04 Å². The van der Waals surface area contributed by atoms with Crippen LogP contribution in [-0.2, 0) is 0 Å². The summed E-state index contributed by atoms with van der Waals surface area (Å²) in [5.74, 6) is 1.03. The highest BCUT2D eigenvalue weighted by Crippen LogP contribution is 2.38. The van der Waals surface area contributed by atoms with E-state index in [1.807, 2.05) is 0 Å². The lowest BCUT2D eigenvalue weighted by molar-refractivity contribution is 0.0615. The van der Waals surface area contributed by atoms with Crippen LogP contribution in [0.2, 0.25) is 0 Å². The molecule has 1 saturated carbocycles. The molecule has 18 heavy (non-hydrogen) atoms. The lowest BCUT2D eigenvalue weighted by Gasteiger charge is -2.43. The Morgan fingerprint density at radius 2 is 1.94 bits per heavy atom. The van der Waals surface area contributed by atoms with Gasteiger partial charge in [0.25, 0.3) is 0 Å². The molecule has 2 heteroatoms. The molecular formula is C16H32N2. The van der Waals surface area contributed by atoms with Crippen LogP contribution < -0.4 is 5.32 Å². The van der Waals surface area contributed by atoms with E-state index >= 15 is 0 Å². The Kier molecular flexibility index (Phi) is 5.50. The van der Waals surface area contributed by atoms with Gasteiger partial charge >= 0.3 is 0 Å². The normalized spacial score (nSPS) is 30.7. The molecule has 106 valence electrons. The lowest BCUT2D eigenvalue weighted by Crippen LogP contribution is -2.52. The first kappa shape index (κ1) is 14.3. The minimum Gasteiger partial charge on any atom is -0.313 e. The minimum absolute atomic E-state index is 0.619. The third kappa shape index (κ3) is 3.48. The van der Waals surface area contributed by atoms with Gasteiger partial charge in [-0.15, -0.1) is 0 Å². The van der Waals surface area contributed by atoms with Crippen molar-refractivity contribution in [2.24, 2.45) is 5.92 Å². The molecule has 2 nitrogen and oxygen atoms in total. The number of likely N-dealkylation sites (tertiary alicyclic amines) is 1. The molecule has 0 aromatic rings. The van der Waals surface area contributed by atoms with Gasteiger partial charge < -0.3 is 5.32 Å². The van der Waals surface area contributed by atoms with E-state index in [2.05, 4.69) is 31.0 Å². The fourth-order valence-corrected chi connectivity index (χ4v) is 4.04. The molecule has 1 heterocycles. The van der Waals surface area contributed by atoms with Crippen molar-refractivity contribution in [2.45, 2.75) is 83.8 Å². The van der Waals surface area contributed by atoms with Crippen LogP contribution in [0.4, 0.5) is 0 Å². The van der Waals surface area contributed by atoms with Crippen molar-refractivity contribution < 1.29 is 0 Å². The minimum atomic E-state index is 0.619. The summed E-state index contributed by atoms with van der Waals surface area (Å²) < 4.78 is 0. The summed E-state index contributed by atoms with van der Waals surface area (Å²) in [5, 5.41) is 3.67. The third-order valence-electron chi connectivity index (χ3n) is 4.89. The monoisotopic (exact) mass is 252 g/mol. The Labute approximate surface area is 114 Å². The summed E-state index contributed by atoms with van der Waals surface area (Å²) >= 11 is 0. The number of nitrogens with one attached hydrogen (secondary N) is 1. The largest absolute Gasteiger partial charge is 0.313 e. The van der Waals surface area contributed by atoms with Gasteiger partial charge in [-0.2, -0.15) is 0 Å². The highest BCUT2D eigenvalue weighted by atomic mass is 15.2. The Morgan fingerprint density at radius 3 is 2.67 bits per heavy atom. The second kappa shape index (κ2) is 6.91. The van der Waals surface area contributed by atoms with E-state index in [1.165, 1.54) is 58.0 Å². The van der Waals surface area contributed by atoms with Gasteiger partial charge in [0.1, 0.15) is 0 Å². The topological polar surface area (TPSA) is 15.3 Å². The van der Waals surface area contributed by atoms with Gasteiger partial charge in [-0.3, -0.25) is 4.90 Å². The molecule has 1 aliphatic heterocycles. The van der Waals surface area contributed by atoms with Crippen LogP contribution in [0, 0.1) is 5.92 Å². The first-order chi connectivity index (χ1) is 8.72. The van der Waals surface area contributed by atoms with Crippen LogP contribution in [0.15, 0.2) is 0 Å². The second-order valence-electron chi connectivity index (χ2n) is 6.64. The van der Waals surface area contributed by atoms with E-state index in [1.54, 1.807) is 0 Å². The molecule has 1 aliphatic carbocycles. The van der Waals surface area contributed by atoms with Gasteiger partial charge in [-0.25, -0.2) is 0 Å². The standard InChI is InChI=1S/C16H32N2/c1-4-7-15(12-17-13(2)3)18-11-6-9-14-8-5-10-16(14)18/h13-17H,4-12H2,1-3H3. The molecule has 3 atom stereocenters. The van der Waals surface area contributed by atoms with Gasteiger partial charge in [-0.1, -0.05) is 33.6 Å². The van der Waals surface area contributed by atoms with Crippen molar-refractivity contribution in [1.82, 2.24) is 10.2 Å². The van der Waals surface area contributed by atoms with Gasteiger partial charge in [0.05, 0.1) is 0 Å². The number of piperidine rings is 1. The first-order valence-corrected chi connectivity index (χ1v) is 8.21. The maximum absolute atomic E-state index is 3.67. The zero-order chi connectivity index (χ0) is 13.0. The molecule has 3 unspecified atom stereocenters. The molecule has 0 radical (unpaired) electrons. The van der Waals surface area contributed by atoms with Gasteiger partial charge in [-0.05, 0) is 44.6 Å². The average molecular weight is 252 g/mol. The maximum Gasteiger partial charge on any atom is 0.0223 e. The first-order valence-electron chi connectivity index (χ1n) is 8.21. The van der Waals surface area contributed by atoms with Crippen LogP contribution >= 0.6 is 0 Å². The molecule has 2 rings (SSSR count). The van der Waals surface area contributed by atoms with Crippen LogP contribution in [-0.4, -0.2) is 36.1 Å². The number of hydrogen-bond donors (Lipinski definition) is 1. The summed E-state index contributed by atoms with van der Waals surface area (Å²) in [6.07, 6.45) is 10.1. The van der Waals surface area contributed by atoms with E-state index in [0.717, 1.165) is 18.0 Å². The third-order valence-corrected chi connectivity index (χ3v) is 4.89. The number of nitrogens with zero attached hydrogens (tertiary/aromatic N) is 1. The fourth-order valence-electron chi connectivity index (χ4n) is 4.04. The van der Waals surface area contributed by atoms with Crippen molar-refractivity contribution in [2.75, 3.05) is 13.1 Å². The molecule has 1 N–H and O–H groups in total. The van der Waals surface area contributed by atoms with Crippen molar-refractivity contribution >= 4 is 0 Å². The van der Waals surface area contributed by atoms with Crippen LogP contribution in [0.5, 0.6) is 0 Å². The predicted molar refractivity (Wildman–Crippen MR) is 78.9 cm³/mol. The maximum atomic E-state index is 3.67. The van der Waals surface area contributed by atoms with E-state index in [4.69, 9.17) is 0 Å². The molecule has 2 fully saturated rings. The fraction of sp³-hybridized carbons (Fsp3) is 1.00. The Morgan fingerprint density at radius 1 is 1.17 bits per heavy atom. The summed E-state index contributed by atoms with van der Waals surface area (Å²) in [6, 6.07) is 2.32. The number of rotatable bonds is 6. The van der Waals surface area contributed by atoms with Crippen molar-refractivity contribution in [3.63, 3.8) is 0 Å². The van der Waals surface area contributed by atoms with E-state index < -0.39 is 0 Å². The van der Waals surface area contributed by atoms with Crippen LogP contribution in [0.25, 0.3) is 0 Å². The average Bonchev–Trinajstić information content (AvgIpc) is 2.82. The second-order valence-corrected chi connectivity index (χ2v) is 6.64. The molecule has 0 spiro atoms. The highest BCUT2D eigenvalue weighted by Gasteiger charge is 2.37. The summed E-state index contributed by atoms with van der Waals surface area (Å²) in [6.45, 7) is 9.40. The summed E-state index contributed by atoms with van der Waals surface area (Å²) in [7, 11) is 0. The van der Waals surface area contributed by atoms with Crippen molar-refractivity contribution in [1.29, 1.82) is 0 Å². The predicted octanol–water partition coefficient (Wildman–Crippen LogP) is 3.42. The Balaban J connectivity index is 1.94. The number of fused-ring (bicyclic) bond motifs is 1. The van der Waals surface area contributed by atoms with Crippen molar-refractivity contribution in [3.8, 4) is 0 Å². The molecule has 2 aliphatic rings. The molecule has 1 saturated heterocycles. The van der Waals surface area contributed by atoms with Gasteiger partial charge in [0, 0.05) is 24.7 Å². The Bertz CT molecular complexity index is 239. The highest BCUT2D eigenvalue weighted by molar-refractivity contribution is 4.92. The van der Waals surface area contributed by atoms with E-state index in [9.17, 15) is 0 Å². The zero-order valence-electron chi connectivity index (χ0n) is 12.6. The van der Waals surface area contributed by atoms with E-state index in [-0.39, 0.29) is 0 Å². The van der Waals surface area contributed by atoms with Crippen molar-refractivity contribution in [3.05, 3.63) is 0 Å². The van der Waals surface area contributed by atoms with Crippen LogP contribution in [0.1, 0.15) is 65.7 Å². The molecule has 0 bridgehead atoms. The zero-order valence-corrected chi connectivity index (χ0v) is 12.6. The van der Waals surface area contributed by atoms with Crippen LogP contribution in [0.3, 0.4) is 0 Å². The molecule has 0 aromatic heterocycles. The quantitative estimate of drug-likeness (QED) is 0.779. The smallest absolute Gasteiger partial charge is 0.0223 e. The lowest BCUT2D eigenvalue weighted by atomic mass is 9.90. The molecule has 0 aromatic carbocycles. The molecule has 0 amide bonds.